The molecule has 0 aromatic carbocycles. The van der Waals surface area contributed by atoms with Crippen LogP contribution >= 0.6 is 0 Å². The van der Waals surface area contributed by atoms with Crippen LogP contribution in [0.3, 0.4) is 0 Å². The molecule has 0 fully saturated rings. The van der Waals surface area contributed by atoms with Crippen LogP contribution in [-0.2, 0) is 29.1 Å². The van der Waals surface area contributed by atoms with Gasteiger partial charge in [0, 0.05) is 25.9 Å². The fraction of sp³-hybridized carbons (Fsp3) is 0.889. The Bertz CT molecular complexity index is 298. The van der Waals surface area contributed by atoms with E-state index in [9.17, 15) is 9.59 Å². The van der Waals surface area contributed by atoms with Crippen LogP contribution in [0, 0.1) is 11.3 Å². The maximum Gasteiger partial charge on any atom is 0.306 e. The summed E-state index contributed by atoms with van der Waals surface area (Å²) in [5.74, 6) is -1.43. The molecule has 0 heterocycles. The second-order valence-electron chi connectivity index (χ2n) is 7.10. The average molecular weight is 382 g/mol. The summed E-state index contributed by atoms with van der Waals surface area (Å²) in [5, 5.41) is 17.0. The van der Waals surface area contributed by atoms with E-state index in [0.717, 1.165) is 44.9 Å². The van der Waals surface area contributed by atoms with Gasteiger partial charge in [-0.2, -0.15) is 0 Å². The van der Waals surface area contributed by atoms with Gasteiger partial charge in [0.1, 0.15) is 0 Å². The van der Waals surface area contributed by atoms with Gasteiger partial charge in [-0.15, -0.1) is 0 Å². The standard InChI is InChI=1S/C10H20O2.C8H16O2.Zn/c1-10(2,3)8-6-4-5-7-9(11)12;1-3-5-6-7(4-2)8(9)10;/h4-8H2,1-3H3,(H,11,12);7H,3-6H2,1-2H3,(H,9,10);. The van der Waals surface area contributed by atoms with Crippen LogP contribution in [0.5, 0.6) is 0 Å². The molecule has 2 N–H and O–H groups in total. The Labute approximate surface area is 155 Å². The first-order valence-electron chi connectivity index (χ1n) is 8.58. The molecule has 0 aliphatic heterocycles. The van der Waals surface area contributed by atoms with Crippen molar-refractivity contribution < 1.29 is 39.3 Å². The SMILES string of the molecule is CC(C)(C)CCCCCC(=O)O.CCCCC(CC)C(=O)O.[Zn]. The molecule has 0 aromatic heterocycles. The van der Waals surface area contributed by atoms with Gasteiger partial charge in [0.2, 0.25) is 0 Å². The molecule has 5 heteroatoms. The van der Waals surface area contributed by atoms with Gasteiger partial charge in [-0.3, -0.25) is 9.59 Å². The van der Waals surface area contributed by atoms with Gasteiger partial charge in [0.05, 0.1) is 5.92 Å². The number of unbranched alkanes of at least 4 members (excludes halogenated alkanes) is 3. The summed E-state index contributed by atoms with van der Waals surface area (Å²) in [4.78, 5) is 20.6. The van der Waals surface area contributed by atoms with E-state index in [1.54, 1.807) is 0 Å². The summed E-state index contributed by atoms with van der Waals surface area (Å²) >= 11 is 0. The Morgan fingerprint density at radius 3 is 1.87 bits per heavy atom. The topological polar surface area (TPSA) is 74.6 Å². The van der Waals surface area contributed by atoms with E-state index in [1.807, 2.05) is 6.92 Å². The van der Waals surface area contributed by atoms with E-state index in [-0.39, 0.29) is 25.4 Å². The minimum atomic E-state index is -0.675. The quantitative estimate of drug-likeness (QED) is 0.395. The number of hydrogen-bond donors (Lipinski definition) is 2. The predicted octanol–water partition coefficient (Wildman–Crippen LogP) is 5.35. The van der Waals surface area contributed by atoms with Crippen LogP contribution in [0.2, 0.25) is 0 Å². The molecule has 0 saturated carbocycles. The molecule has 0 radical (unpaired) electrons. The fourth-order valence-electron chi connectivity index (χ4n) is 2.06. The Morgan fingerprint density at radius 1 is 0.957 bits per heavy atom. The van der Waals surface area contributed by atoms with E-state index in [2.05, 4.69) is 27.7 Å². The fourth-order valence-corrected chi connectivity index (χ4v) is 2.06. The molecule has 23 heavy (non-hydrogen) atoms. The largest absolute Gasteiger partial charge is 0.481 e. The molecule has 0 spiro atoms. The molecule has 4 nitrogen and oxygen atoms in total. The Hall–Kier alpha value is -0.437. The Kier molecular flexibility index (Phi) is 19.6. The molecular formula is C18H36O4Zn. The molecule has 134 valence electrons. The second kappa shape index (κ2) is 16.4. The van der Waals surface area contributed by atoms with Gasteiger partial charge in [-0.05, 0) is 31.1 Å². The molecule has 0 saturated heterocycles. The van der Waals surface area contributed by atoms with Crippen molar-refractivity contribution in [3.05, 3.63) is 0 Å². The third-order valence-electron chi connectivity index (χ3n) is 3.57. The minimum Gasteiger partial charge on any atom is -0.481 e. The van der Waals surface area contributed by atoms with Crippen LogP contribution in [0.15, 0.2) is 0 Å². The molecule has 0 amide bonds. The first kappa shape index (κ1) is 27.4. The van der Waals surface area contributed by atoms with Gasteiger partial charge in [0.25, 0.3) is 0 Å². The van der Waals surface area contributed by atoms with Crippen molar-refractivity contribution in [2.75, 3.05) is 0 Å². The van der Waals surface area contributed by atoms with Crippen LogP contribution in [0.4, 0.5) is 0 Å². The van der Waals surface area contributed by atoms with Crippen LogP contribution in [0.25, 0.3) is 0 Å². The molecule has 0 aliphatic rings. The van der Waals surface area contributed by atoms with Gasteiger partial charge >= 0.3 is 11.9 Å². The summed E-state index contributed by atoms with van der Waals surface area (Å²) in [7, 11) is 0. The van der Waals surface area contributed by atoms with Crippen molar-refractivity contribution in [3.8, 4) is 0 Å². The third kappa shape index (κ3) is 23.9. The number of carbonyl (C=O) groups is 2. The summed E-state index contributed by atoms with van der Waals surface area (Å²) in [6.07, 6.45) is 8.24. The van der Waals surface area contributed by atoms with Crippen molar-refractivity contribution in [1.82, 2.24) is 0 Å². The molecule has 1 atom stereocenters. The zero-order valence-electron chi connectivity index (χ0n) is 15.9. The number of aliphatic carboxylic acids is 2. The summed E-state index contributed by atoms with van der Waals surface area (Å²) in [6, 6.07) is 0. The minimum absolute atomic E-state index is 0. The van der Waals surface area contributed by atoms with Gasteiger partial charge < -0.3 is 10.2 Å². The maximum absolute atomic E-state index is 10.4. The first-order chi connectivity index (χ1) is 10.1. The maximum atomic E-state index is 10.4. The first-order valence-corrected chi connectivity index (χ1v) is 8.58. The van der Waals surface area contributed by atoms with E-state index in [4.69, 9.17) is 10.2 Å². The molecular weight excluding hydrogens is 346 g/mol. The Morgan fingerprint density at radius 2 is 1.52 bits per heavy atom. The van der Waals surface area contributed by atoms with Crippen molar-refractivity contribution in [3.63, 3.8) is 0 Å². The van der Waals surface area contributed by atoms with Gasteiger partial charge in [-0.1, -0.05) is 60.3 Å². The average Bonchev–Trinajstić information content (AvgIpc) is 2.38. The normalized spacial score (nSPS) is 11.7. The van der Waals surface area contributed by atoms with Crippen molar-refractivity contribution in [2.24, 2.45) is 11.3 Å². The molecule has 0 rings (SSSR count). The number of hydrogen-bond acceptors (Lipinski definition) is 2. The van der Waals surface area contributed by atoms with Gasteiger partial charge in [-0.25, -0.2) is 0 Å². The molecule has 0 aliphatic carbocycles. The molecule has 0 aromatic rings. The van der Waals surface area contributed by atoms with E-state index < -0.39 is 11.9 Å². The Balaban J connectivity index is -0.000000338. The second-order valence-corrected chi connectivity index (χ2v) is 7.10. The number of rotatable bonds is 10. The summed E-state index contributed by atoms with van der Waals surface area (Å²) in [5.41, 5.74) is 0.392. The zero-order valence-corrected chi connectivity index (χ0v) is 18.8. The summed E-state index contributed by atoms with van der Waals surface area (Å²) in [6.45, 7) is 10.6. The smallest absolute Gasteiger partial charge is 0.306 e. The van der Waals surface area contributed by atoms with Gasteiger partial charge in [0.15, 0.2) is 0 Å². The predicted molar refractivity (Wildman–Crippen MR) is 91.1 cm³/mol. The molecule has 1 unspecified atom stereocenters. The van der Waals surface area contributed by atoms with Crippen molar-refractivity contribution in [2.45, 2.75) is 92.4 Å². The number of carboxylic acid groups (broad SMARTS) is 2. The van der Waals surface area contributed by atoms with E-state index in [1.165, 1.54) is 6.42 Å². The monoisotopic (exact) mass is 380 g/mol. The van der Waals surface area contributed by atoms with Crippen LogP contribution < -0.4 is 0 Å². The van der Waals surface area contributed by atoms with Crippen molar-refractivity contribution >= 4 is 11.9 Å². The van der Waals surface area contributed by atoms with Crippen LogP contribution in [-0.4, -0.2) is 22.2 Å². The summed E-state index contributed by atoms with van der Waals surface area (Å²) < 4.78 is 0. The zero-order chi connectivity index (χ0) is 17.6. The third-order valence-corrected chi connectivity index (χ3v) is 3.57. The van der Waals surface area contributed by atoms with Crippen LogP contribution in [0.1, 0.15) is 92.4 Å². The molecule has 0 bridgehead atoms. The van der Waals surface area contributed by atoms with E-state index in [0.29, 0.717) is 11.8 Å². The van der Waals surface area contributed by atoms with Crippen molar-refractivity contribution in [1.29, 1.82) is 0 Å². The van der Waals surface area contributed by atoms with E-state index >= 15 is 0 Å². The number of carboxylic acids is 2.